The van der Waals surface area contributed by atoms with Crippen molar-refractivity contribution in [2.24, 2.45) is 0 Å². The number of rotatable bonds is 7. The molecule has 0 aliphatic rings. The van der Waals surface area contributed by atoms with Crippen LogP contribution in [0.1, 0.15) is 0 Å². The number of para-hydroxylation sites is 3. The van der Waals surface area contributed by atoms with Gasteiger partial charge in [-0.2, -0.15) is 4.98 Å². The molecule has 0 fully saturated rings. The fourth-order valence-corrected chi connectivity index (χ4v) is 2.89. The number of amides is 1. The summed E-state index contributed by atoms with van der Waals surface area (Å²) in [6.45, 7) is -0.182. The van der Waals surface area contributed by atoms with Gasteiger partial charge >= 0.3 is 0 Å². The Morgan fingerprint density at radius 3 is 2.43 bits per heavy atom. The predicted molar refractivity (Wildman–Crippen MR) is 112 cm³/mol. The monoisotopic (exact) mass is 401 g/mol. The number of hydrogen-bond donors (Lipinski definition) is 1. The second kappa shape index (κ2) is 8.91. The number of nitrogens with zero attached hydrogens (tertiary/aromatic N) is 2. The highest BCUT2D eigenvalue weighted by Gasteiger charge is 2.15. The maximum absolute atomic E-state index is 12.3. The summed E-state index contributed by atoms with van der Waals surface area (Å²) in [6, 6.07) is 23.9. The molecule has 0 atom stereocenters. The van der Waals surface area contributed by atoms with Gasteiger partial charge in [0.2, 0.25) is 5.82 Å². The number of carbonyl (C=O) groups excluding carboxylic acids is 1. The van der Waals surface area contributed by atoms with E-state index in [4.69, 9.17) is 14.0 Å². The maximum atomic E-state index is 12.3. The fraction of sp³-hybridized carbons (Fsp3) is 0.0870. The Hall–Kier alpha value is -4.13. The summed E-state index contributed by atoms with van der Waals surface area (Å²) in [6.07, 6.45) is 0. The van der Waals surface area contributed by atoms with Gasteiger partial charge in [0.1, 0.15) is 11.5 Å². The molecule has 0 aliphatic heterocycles. The van der Waals surface area contributed by atoms with E-state index in [9.17, 15) is 4.79 Å². The minimum absolute atomic E-state index is 0.182. The number of hydrogen-bond acceptors (Lipinski definition) is 6. The quantitative estimate of drug-likeness (QED) is 0.493. The average molecular weight is 401 g/mol. The number of nitrogens with one attached hydrogen (secondary N) is 1. The molecule has 1 N–H and O–H groups in total. The van der Waals surface area contributed by atoms with Gasteiger partial charge in [-0.3, -0.25) is 4.79 Å². The molecule has 1 heterocycles. The number of methoxy groups -OCH3 is 1. The van der Waals surface area contributed by atoms with E-state index in [1.54, 1.807) is 25.3 Å². The van der Waals surface area contributed by atoms with Crippen LogP contribution in [0.5, 0.6) is 11.5 Å². The predicted octanol–water partition coefficient (Wildman–Crippen LogP) is 4.43. The van der Waals surface area contributed by atoms with E-state index >= 15 is 0 Å². The molecule has 1 aromatic heterocycles. The van der Waals surface area contributed by atoms with Crippen molar-refractivity contribution in [2.45, 2.75) is 0 Å². The summed E-state index contributed by atoms with van der Waals surface area (Å²) in [4.78, 5) is 16.8. The Balaban J connectivity index is 1.48. The largest absolute Gasteiger partial charge is 0.495 e. The van der Waals surface area contributed by atoms with Gasteiger partial charge in [-0.25, -0.2) is 0 Å². The highest BCUT2D eigenvalue weighted by molar-refractivity contribution is 5.93. The zero-order chi connectivity index (χ0) is 20.8. The molecule has 0 saturated heterocycles. The number of ether oxygens (including phenoxy) is 2. The van der Waals surface area contributed by atoms with Gasteiger partial charge in [-0.1, -0.05) is 47.6 Å². The van der Waals surface area contributed by atoms with Crippen molar-refractivity contribution in [1.29, 1.82) is 0 Å². The van der Waals surface area contributed by atoms with E-state index in [1.807, 2.05) is 60.7 Å². The van der Waals surface area contributed by atoms with Crippen LogP contribution in [-0.4, -0.2) is 29.8 Å². The molecule has 30 heavy (non-hydrogen) atoms. The maximum Gasteiger partial charge on any atom is 0.262 e. The van der Waals surface area contributed by atoms with Crippen molar-refractivity contribution in [2.75, 3.05) is 19.0 Å². The van der Waals surface area contributed by atoms with Gasteiger partial charge in [-0.15, -0.1) is 0 Å². The smallest absolute Gasteiger partial charge is 0.262 e. The van der Waals surface area contributed by atoms with E-state index in [2.05, 4.69) is 15.5 Å². The molecule has 7 nitrogen and oxygen atoms in total. The first-order valence-corrected chi connectivity index (χ1v) is 9.29. The Kier molecular flexibility index (Phi) is 5.70. The SMILES string of the molecule is COc1ccccc1NC(=O)COc1ccccc1-c1noc(-c2ccccc2)n1. The van der Waals surface area contributed by atoms with Crippen LogP contribution in [-0.2, 0) is 4.79 Å². The molecule has 0 unspecified atom stereocenters. The Labute approximate surface area is 173 Å². The molecular weight excluding hydrogens is 382 g/mol. The van der Waals surface area contributed by atoms with E-state index in [0.717, 1.165) is 5.56 Å². The normalized spacial score (nSPS) is 10.4. The highest BCUT2D eigenvalue weighted by atomic mass is 16.5. The van der Waals surface area contributed by atoms with Gasteiger partial charge in [0.15, 0.2) is 6.61 Å². The lowest BCUT2D eigenvalue weighted by atomic mass is 10.2. The first-order chi connectivity index (χ1) is 14.7. The molecule has 0 spiro atoms. The minimum Gasteiger partial charge on any atom is -0.495 e. The zero-order valence-electron chi connectivity index (χ0n) is 16.2. The van der Waals surface area contributed by atoms with Crippen molar-refractivity contribution in [3.05, 3.63) is 78.9 Å². The van der Waals surface area contributed by atoms with Crippen LogP contribution in [0.3, 0.4) is 0 Å². The van der Waals surface area contributed by atoms with Crippen molar-refractivity contribution in [1.82, 2.24) is 10.1 Å². The summed E-state index contributed by atoms with van der Waals surface area (Å²) < 4.78 is 16.4. The molecule has 0 saturated carbocycles. The average Bonchev–Trinajstić information content (AvgIpc) is 3.29. The Morgan fingerprint density at radius 1 is 0.933 bits per heavy atom. The first kappa shape index (κ1) is 19.2. The van der Waals surface area contributed by atoms with E-state index in [0.29, 0.717) is 34.5 Å². The summed E-state index contributed by atoms with van der Waals surface area (Å²) in [5.41, 5.74) is 2.03. The topological polar surface area (TPSA) is 86.5 Å². The van der Waals surface area contributed by atoms with Crippen LogP contribution < -0.4 is 14.8 Å². The third-order valence-corrected chi connectivity index (χ3v) is 4.31. The van der Waals surface area contributed by atoms with Crippen molar-refractivity contribution in [3.63, 3.8) is 0 Å². The van der Waals surface area contributed by atoms with Crippen molar-refractivity contribution >= 4 is 11.6 Å². The summed E-state index contributed by atoms with van der Waals surface area (Å²) >= 11 is 0. The number of benzene rings is 3. The highest BCUT2D eigenvalue weighted by Crippen LogP contribution is 2.29. The van der Waals surface area contributed by atoms with Crippen LogP contribution in [0, 0.1) is 0 Å². The lowest BCUT2D eigenvalue weighted by Gasteiger charge is -2.11. The van der Waals surface area contributed by atoms with Crippen LogP contribution in [0.4, 0.5) is 5.69 Å². The second-order valence-corrected chi connectivity index (χ2v) is 6.32. The standard InChI is InChI=1S/C23H19N3O4/c1-28-20-14-8-6-12-18(20)24-21(27)15-29-19-13-7-5-11-17(19)22-25-23(30-26-22)16-9-3-2-4-10-16/h2-14H,15H2,1H3,(H,24,27). The zero-order valence-corrected chi connectivity index (χ0v) is 16.2. The third-order valence-electron chi connectivity index (χ3n) is 4.31. The van der Waals surface area contributed by atoms with E-state index < -0.39 is 0 Å². The molecule has 0 aliphatic carbocycles. The van der Waals surface area contributed by atoms with Gasteiger partial charge in [0.05, 0.1) is 18.4 Å². The molecule has 4 aromatic rings. The van der Waals surface area contributed by atoms with Crippen molar-refractivity contribution in [3.8, 4) is 34.3 Å². The Morgan fingerprint density at radius 2 is 1.63 bits per heavy atom. The van der Waals surface area contributed by atoms with Gasteiger partial charge in [-0.05, 0) is 36.4 Å². The number of anilines is 1. The molecule has 4 rings (SSSR count). The van der Waals surface area contributed by atoms with Gasteiger partial charge in [0.25, 0.3) is 11.8 Å². The lowest BCUT2D eigenvalue weighted by Crippen LogP contribution is -2.20. The third kappa shape index (κ3) is 4.30. The lowest BCUT2D eigenvalue weighted by molar-refractivity contribution is -0.118. The summed E-state index contributed by atoms with van der Waals surface area (Å²) in [5.74, 6) is 1.54. The molecule has 0 radical (unpaired) electrons. The summed E-state index contributed by atoms with van der Waals surface area (Å²) in [5, 5.41) is 6.84. The fourth-order valence-electron chi connectivity index (χ4n) is 2.89. The van der Waals surface area contributed by atoms with E-state index in [-0.39, 0.29) is 12.5 Å². The molecule has 1 amide bonds. The van der Waals surface area contributed by atoms with Crippen LogP contribution in [0.25, 0.3) is 22.8 Å². The Bertz CT molecular complexity index is 1140. The van der Waals surface area contributed by atoms with Crippen LogP contribution in [0.15, 0.2) is 83.4 Å². The van der Waals surface area contributed by atoms with E-state index in [1.165, 1.54) is 0 Å². The van der Waals surface area contributed by atoms with Crippen LogP contribution in [0.2, 0.25) is 0 Å². The first-order valence-electron chi connectivity index (χ1n) is 9.29. The molecule has 0 bridgehead atoms. The molecule has 7 heteroatoms. The summed E-state index contributed by atoms with van der Waals surface area (Å²) in [7, 11) is 1.55. The van der Waals surface area contributed by atoms with Crippen molar-refractivity contribution < 1.29 is 18.8 Å². The molecular formula is C23H19N3O4. The van der Waals surface area contributed by atoms with Gasteiger partial charge in [0, 0.05) is 5.56 Å². The number of carbonyl (C=O) groups is 1. The second-order valence-electron chi connectivity index (χ2n) is 6.32. The molecule has 150 valence electrons. The van der Waals surface area contributed by atoms with Gasteiger partial charge < -0.3 is 19.3 Å². The molecule has 3 aromatic carbocycles. The number of aromatic nitrogens is 2. The van der Waals surface area contributed by atoms with Crippen LogP contribution >= 0.6 is 0 Å². The minimum atomic E-state index is -0.313.